The van der Waals surface area contributed by atoms with Crippen molar-refractivity contribution in [1.29, 1.82) is 0 Å². The van der Waals surface area contributed by atoms with Gasteiger partial charge in [-0.2, -0.15) is 0 Å². The summed E-state index contributed by atoms with van der Waals surface area (Å²) in [6.07, 6.45) is 0. The van der Waals surface area contributed by atoms with Crippen LogP contribution in [0, 0.1) is 0 Å². The molecule has 0 radical (unpaired) electrons. The van der Waals surface area contributed by atoms with Crippen LogP contribution in [0.2, 0.25) is 0 Å². The van der Waals surface area contributed by atoms with Gasteiger partial charge in [-0.15, -0.1) is 34.4 Å². The van der Waals surface area contributed by atoms with Crippen LogP contribution in [0.4, 0.5) is 5.00 Å². The van der Waals surface area contributed by atoms with Crippen LogP contribution in [0.1, 0.15) is 17.3 Å². The number of thiophene rings is 2. The number of ether oxygens (including phenoxy) is 2. The lowest BCUT2D eigenvalue weighted by Crippen LogP contribution is -2.22. The number of thioether (sulfide) groups is 1. The Balaban J connectivity index is 1.59. The van der Waals surface area contributed by atoms with E-state index in [9.17, 15) is 14.4 Å². The maximum absolute atomic E-state index is 12.5. The van der Waals surface area contributed by atoms with Crippen LogP contribution >= 0.6 is 34.4 Å². The van der Waals surface area contributed by atoms with Gasteiger partial charge in [-0.05, 0) is 30.5 Å². The Labute approximate surface area is 186 Å². The van der Waals surface area contributed by atoms with Crippen molar-refractivity contribution >= 4 is 57.3 Å². The Morgan fingerprint density at radius 2 is 1.83 bits per heavy atom. The van der Waals surface area contributed by atoms with E-state index >= 15 is 0 Å². The molecule has 0 atom stereocenters. The third kappa shape index (κ3) is 5.94. The highest BCUT2D eigenvalue weighted by Crippen LogP contribution is 2.38. The zero-order chi connectivity index (χ0) is 21.3. The SMILES string of the molecule is CCOC(=O)c1c(-c2cccs2)csc1NC(=O)COC(=O)CSc1ccccc1. The lowest BCUT2D eigenvalue weighted by molar-refractivity contribution is -0.144. The largest absolute Gasteiger partial charge is 0.462 e. The molecule has 0 unspecified atom stereocenters. The standard InChI is InChI=1S/C21H19NO5S3/c1-2-26-21(25)19-15(16-9-6-10-28-16)12-30-20(19)22-17(23)11-27-18(24)13-29-14-7-4-3-5-8-14/h3-10,12H,2,11,13H2,1H3,(H,22,23). The molecule has 6 nitrogen and oxygen atoms in total. The molecule has 3 aromatic rings. The molecule has 0 aliphatic carbocycles. The minimum atomic E-state index is -0.516. The first-order chi connectivity index (χ1) is 14.6. The summed E-state index contributed by atoms with van der Waals surface area (Å²) in [4.78, 5) is 38.5. The zero-order valence-corrected chi connectivity index (χ0v) is 18.5. The van der Waals surface area contributed by atoms with Gasteiger partial charge in [0.1, 0.15) is 10.6 Å². The summed E-state index contributed by atoms with van der Waals surface area (Å²) < 4.78 is 10.2. The lowest BCUT2D eigenvalue weighted by atomic mass is 10.1. The van der Waals surface area contributed by atoms with Gasteiger partial charge in [-0.1, -0.05) is 24.3 Å². The first kappa shape index (κ1) is 22.1. The molecule has 30 heavy (non-hydrogen) atoms. The molecule has 0 saturated carbocycles. The highest BCUT2D eigenvalue weighted by atomic mass is 32.2. The van der Waals surface area contributed by atoms with Gasteiger partial charge in [-0.25, -0.2) is 4.79 Å². The summed E-state index contributed by atoms with van der Waals surface area (Å²) in [5.41, 5.74) is 1.02. The fourth-order valence-electron chi connectivity index (χ4n) is 2.48. The Kier molecular flexibility index (Phi) is 8.06. The minimum absolute atomic E-state index is 0.104. The number of carbonyl (C=O) groups excluding carboxylic acids is 3. The smallest absolute Gasteiger partial charge is 0.341 e. The number of amides is 1. The number of rotatable bonds is 9. The molecule has 1 amide bonds. The van der Waals surface area contributed by atoms with Crippen LogP contribution < -0.4 is 5.32 Å². The molecular formula is C21H19NO5S3. The fraction of sp³-hybridized carbons (Fsp3) is 0.190. The number of hydrogen-bond donors (Lipinski definition) is 1. The predicted octanol–water partition coefficient (Wildman–Crippen LogP) is 4.93. The Hall–Kier alpha value is -2.62. The predicted molar refractivity (Wildman–Crippen MR) is 120 cm³/mol. The van der Waals surface area contributed by atoms with E-state index in [1.165, 1.54) is 34.4 Å². The van der Waals surface area contributed by atoms with Crippen LogP contribution in [0.25, 0.3) is 10.4 Å². The maximum atomic E-state index is 12.5. The molecule has 3 rings (SSSR count). The molecule has 9 heteroatoms. The van der Waals surface area contributed by atoms with Crippen LogP contribution in [0.5, 0.6) is 0 Å². The third-order valence-corrected chi connectivity index (χ3v) is 6.56. The average molecular weight is 462 g/mol. The lowest BCUT2D eigenvalue weighted by Gasteiger charge is -2.08. The van der Waals surface area contributed by atoms with E-state index in [2.05, 4.69) is 5.32 Å². The minimum Gasteiger partial charge on any atom is -0.462 e. The van der Waals surface area contributed by atoms with Gasteiger partial charge in [0.25, 0.3) is 5.91 Å². The van der Waals surface area contributed by atoms with E-state index in [0.29, 0.717) is 16.1 Å². The molecule has 156 valence electrons. The highest BCUT2D eigenvalue weighted by molar-refractivity contribution is 8.00. The van der Waals surface area contributed by atoms with Crippen LogP contribution in [-0.4, -0.2) is 36.8 Å². The van der Waals surface area contributed by atoms with Gasteiger partial charge in [0.15, 0.2) is 6.61 Å². The van der Waals surface area contributed by atoms with E-state index in [0.717, 1.165) is 9.77 Å². The number of carbonyl (C=O) groups is 3. The van der Waals surface area contributed by atoms with Crippen molar-refractivity contribution in [2.75, 3.05) is 24.3 Å². The van der Waals surface area contributed by atoms with Crippen molar-refractivity contribution in [2.24, 2.45) is 0 Å². The zero-order valence-electron chi connectivity index (χ0n) is 16.1. The van der Waals surface area contributed by atoms with Crippen LogP contribution in [0.15, 0.2) is 58.1 Å². The van der Waals surface area contributed by atoms with Gasteiger partial charge in [0.2, 0.25) is 0 Å². The summed E-state index contributed by atoms with van der Waals surface area (Å²) in [5.74, 6) is -1.41. The van der Waals surface area contributed by atoms with Crippen molar-refractivity contribution in [3.05, 3.63) is 58.8 Å². The monoisotopic (exact) mass is 461 g/mol. The van der Waals surface area contributed by atoms with Crippen LogP contribution in [0.3, 0.4) is 0 Å². The number of benzene rings is 1. The van der Waals surface area contributed by atoms with E-state index in [-0.39, 0.29) is 12.4 Å². The maximum Gasteiger partial charge on any atom is 0.341 e. The van der Waals surface area contributed by atoms with E-state index in [1.54, 1.807) is 12.3 Å². The second kappa shape index (κ2) is 11.0. The molecule has 2 aromatic heterocycles. The second-order valence-electron chi connectivity index (χ2n) is 5.86. The normalized spacial score (nSPS) is 10.4. The van der Waals surface area contributed by atoms with E-state index < -0.39 is 24.5 Å². The molecule has 1 N–H and O–H groups in total. The van der Waals surface area contributed by atoms with Crippen molar-refractivity contribution < 1.29 is 23.9 Å². The number of hydrogen-bond acceptors (Lipinski definition) is 8. The number of anilines is 1. The summed E-state index contributed by atoms with van der Waals surface area (Å²) >= 11 is 4.05. The van der Waals surface area contributed by atoms with Crippen molar-refractivity contribution in [1.82, 2.24) is 0 Å². The van der Waals surface area contributed by atoms with Gasteiger partial charge in [0.05, 0.1) is 12.4 Å². The summed E-state index contributed by atoms with van der Waals surface area (Å²) in [6.45, 7) is 1.52. The molecule has 0 aliphatic rings. The second-order valence-corrected chi connectivity index (χ2v) is 8.74. The van der Waals surface area contributed by atoms with Crippen molar-refractivity contribution in [3.63, 3.8) is 0 Å². The first-order valence-electron chi connectivity index (χ1n) is 9.04. The number of nitrogens with one attached hydrogen (secondary N) is 1. The first-order valence-corrected chi connectivity index (χ1v) is 11.8. The Bertz CT molecular complexity index is 999. The quantitative estimate of drug-likeness (QED) is 0.360. The molecule has 0 fully saturated rings. The third-order valence-electron chi connectivity index (χ3n) is 3.77. The molecule has 1 aromatic carbocycles. The molecular weight excluding hydrogens is 442 g/mol. The molecule has 0 bridgehead atoms. The summed E-state index contributed by atoms with van der Waals surface area (Å²) in [6, 6.07) is 13.2. The number of esters is 2. The highest BCUT2D eigenvalue weighted by Gasteiger charge is 2.23. The van der Waals surface area contributed by atoms with Gasteiger partial charge >= 0.3 is 11.9 Å². The molecule has 2 heterocycles. The van der Waals surface area contributed by atoms with Crippen molar-refractivity contribution in [3.8, 4) is 10.4 Å². The molecule has 0 saturated heterocycles. The fourth-order valence-corrected chi connectivity index (χ4v) is 4.98. The van der Waals surface area contributed by atoms with Gasteiger partial charge in [0, 0.05) is 20.7 Å². The van der Waals surface area contributed by atoms with Crippen molar-refractivity contribution in [2.45, 2.75) is 11.8 Å². The van der Waals surface area contributed by atoms with E-state index in [4.69, 9.17) is 9.47 Å². The van der Waals surface area contributed by atoms with Gasteiger partial charge < -0.3 is 14.8 Å². The average Bonchev–Trinajstić information content (AvgIpc) is 3.41. The van der Waals surface area contributed by atoms with E-state index in [1.807, 2.05) is 47.8 Å². The topological polar surface area (TPSA) is 81.7 Å². The Morgan fingerprint density at radius 1 is 1.03 bits per heavy atom. The summed E-state index contributed by atoms with van der Waals surface area (Å²) in [7, 11) is 0. The summed E-state index contributed by atoms with van der Waals surface area (Å²) in [5, 5.41) is 6.74. The molecule has 0 spiro atoms. The molecule has 0 aliphatic heterocycles. The van der Waals surface area contributed by atoms with Crippen LogP contribution in [-0.2, 0) is 19.1 Å². The Morgan fingerprint density at radius 3 is 2.53 bits per heavy atom. The van der Waals surface area contributed by atoms with Gasteiger partial charge in [-0.3, -0.25) is 9.59 Å².